The average molecular weight is 951 g/mol. The predicted molar refractivity (Wildman–Crippen MR) is 284 cm³/mol. The Morgan fingerprint density at radius 3 is 1.32 bits per heavy atom. The highest BCUT2D eigenvalue weighted by molar-refractivity contribution is 7.47. The molecule has 0 spiro atoms. The lowest BCUT2D eigenvalue weighted by atomic mass is 10.0. The van der Waals surface area contributed by atoms with Crippen LogP contribution in [0.5, 0.6) is 0 Å². The van der Waals surface area contributed by atoms with Gasteiger partial charge in [-0.1, -0.05) is 242 Å². The highest BCUT2D eigenvalue weighted by atomic mass is 31.2. The van der Waals surface area contributed by atoms with Gasteiger partial charge in [0.1, 0.15) is 19.3 Å². The van der Waals surface area contributed by atoms with Crippen LogP contribution in [0, 0.1) is 0 Å². The van der Waals surface area contributed by atoms with Crippen LogP contribution in [-0.4, -0.2) is 75.6 Å². The van der Waals surface area contributed by atoms with Crippen LogP contribution in [0.4, 0.5) is 0 Å². The Morgan fingerprint density at radius 1 is 0.485 bits per heavy atom. The zero-order valence-corrected chi connectivity index (χ0v) is 45.1. The highest BCUT2D eigenvalue weighted by Crippen LogP contribution is 2.43. The van der Waals surface area contributed by atoms with Crippen molar-refractivity contribution in [3.05, 3.63) is 48.6 Å². The van der Waals surface area contributed by atoms with Gasteiger partial charge >= 0.3 is 13.8 Å². The summed E-state index contributed by atoms with van der Waals surface area (Å²) in [6, 6.07) is 0. The average Bonchev–Trinajstić information content (AvgIpc) is 3.28. The minimum absolute atomic E-state index is 0.0891. The molecular formula is C57H109NO7P+. The summed E-state index contributed by atoms with van der Waals surface area (Å²) in [6.07, 6.45) is 63.1. The summed E-state index contributed by atoms with van der Waals surface area (Å²) < 4.78 is 35.2. The van der Waals surface area contributed by atoms with Gasteiger partial charge < -0.3 is 18.9 Å². The van der Waals surface area contributed by atoms with Gasteiger partial charge in [0.25, 0.3) is 0 Å². The zero-order valence-electron chi connectivity index (χ0n) is 44.2. The second-order valence-corrected chi connectivity index (χ2v) is 21.4. The normalized spacial score (nSPS) is 13.8. The molecule has 388 valence electrons. The number of ether oxygens (including phenoxy) is 2. The molecule has 2 unspecified atom stereocenters. The van der Waals surface area contributed by atoms with Crippen LogP contribution in [0.3, 0.4) is 0 Å². The fraction of sp³-hybridized carbons (Fsp3) is 0.842. The van der Waals surface area contributed by atoms with Gasteiger partial charge in [0, 0.05) is 13.0 Å². The third-order valence-electron chi connectivity index (χ3n) is 12.2. The predicted octanol–water partition coefficient (Wildman–Crippen LogP) is 17.5. The van der Waals surface area contributed by atoms with Crippen molar-refractivity contribution < 1.29 is 37.3 Å². The largest absolute Gasteiger partial charge is 0.472 e. The first-order chi connectivity index (χ1) is 32.1. The molecular weight excluding hydrogens is 842 g/mol. The van der Waals surface area contributed by atoms with Crippen molar-refractivity contribution in [2.24, 2.45) is 0 Å². The summed E-state index contributed by atoms with van der Waals surface area (Å²) in [5, 5.41) is 0. The smallest absolute Gasteiger partial charge is 0.457 e. The molecule has 0 amide bonds. The molecule has 0 radical (unpaired) electrons. The minimum Gasteiger partial charge on any atom is -0.457 e. The minimum atomic E-state index is -4.28. The lowest BCUT2D eigenvalue weighted by molar-refractivity contribution is -0.870. The van der Waals surface area contributed by atoms with E-state index in [2.05, 4.69) is 62.5 Å². The standard InChI is InChI=1S/C57H108NO7P/c1-6-8-10-12-14-16-18-20-22-24-26-27-28-29-30-31-32-34-36-38-40-42-44-46-48-50-57(59)65-56(55-64-66(60,61)63-53-51-58(3,4)5)54-62-52-49-47-45-43-41-39-37-35-33-25-23-21-19-17-15-13-11-9-7-2/h8,10,14,16,20,22,26-27,56H,6-7,9,11-13,15,17-19,21,23-25,28-55H2,1-5H3/p+1/b10-8-,16-14-,22-20-,27-26-. The SMILES string of the molecule is CC/C=C\C/C=C\C/C=C\C/C=C\CCCCCCCCCCCCCCC(=O)OC(COCCCCCCCCCCCCCCCCCCCCC)COP(=O)(O)OCC[N+](C)(C)C. The van der Waals surface area contributed by atoms with E-state index < -0.39 is 13.9 Å². The molecule has 0 aromatic heterocycles. The number of hydrogen-bond donors (Lipinski definition) is 1. The van der Waals surface area contributed by atoms with Gasteiger partial charge in [-0.3, -0.25) is 13.8 Å². The highest BCUT2D eigenvalue weighted by Gasteiger charge is 2.26. The molecule has 0 aromatic rings. The molecule has 0 heterocycles. The molecule has 2 atom stereocenters. The summed E-state index contributed by atoms with van der Waals surface area (Å²) in [4.78, 5) is 23.1. The molecule has 0 saturated carbocycles. The van der Waals surface area contributed by atoms with Crippen LogP contribution in [0.2, 0.25) is 0 Å². The number of nitrogens with zero attached hydrogens (tertiary/aromatic N) is 1. The molecule has 0 bridgehead atoms. The lowest BCUT2D eigenvalue weighted by Gasteiger charge is -2.24. The van der Waals surface area contributed by atoms with Gasteiger partial charge in [0.15, 0.2) is 0 Å². The topological polar surface area (TPSA) is 91.3 Å². The molecule has 1 N–H and O–H groups in total. The van der Waals surface area contributed by atoms with E-state index >= 15 is 0 Å². The summed E-state index contributed by atoms with van der Waals surface area (Å²) in [7, 11) is 1.67. The molecule has 66 heavy (non-hydrogen) atoms. The Bertz CT molecular complexity index is 1200. The Hall–Kier alpha value is -1.54. The van der Waals surface area contributed by atoms with E-state index in [0.717, 1.165) is 57.8 Å². The molecule has 0 aliphatic heterocycles. The number of likely N-dealkylation sites (N-methyl/N-ethyl adjacent to an activating group) is 1. The summed E-state index contributed by atoms with van der Waals surface area (Å²) in [5.74, 6) is -0.312. The molecule has 0 rings (SSSR count). The fourth-order valence-corrected chi connectivity index (χ4v) is 8.64. The summed E-state index contributed by atoms with van der Waals surface area (Å²) in [6.45, 7) is 5.56. The number of esters is 1. The van der Waals surface area contributed by atoms with E-state index in [9.17, 15) is 14.3 Å². The Morgan fingerprint density at radius 2 is 0.879 bits per heavy atom. The van der Waals surface area contributed by atoms with Crippen molar-refractivity contribution in [3.63, 3.8) is 0 Å². The Balaban J connectivity index is 4.07. The first-order valence-corrected chi connectivity index (χ1v) is 29.4. The maximum Gasteiger partial charge on any atom is 0.472 e. The number of hydrogen-bond acceptors (Lipinski definition) is 6. The quantitative estimate of drug-likeness (QED) is 0.0213. The van der Waals surface area contributed by atoms with Gasteiger partial charge in [-0.05, 0) is 51.4 Å². The van der Waals surface area contributed by atoms with Gasteiger partial charge in [0.05, 0.1) is 34.4 Å². The first-order valence-electron chi connectivity index (χ1n) is 27.9. The second-order valence-electron chi connectivity index (χ2n) is 19.9. The Kier molecular flexibility index (Phi) is 48.7. The molecule has 0 aliphatic carbocycles. The van der Waals surface area contributed by atoms with Crippen LogP contribution in [0.25, 0.3) is 0 Å². The van der Waals surface area contributed by atoms with E-state index in [1.807, 2.05) is 21.1 Å². The molecule has 0 saturated heterocycles. The van der Waals surface area contributed by atoms with Crippen LogP contribution >= 0.6 is 7.82 Å². The molecule has 0 aromatic carbocycles. The molecule has 8 nitrogen and oxygen atoms in total. The van der Waals surface area contributed by atoms with Crippen LogP contribution < -0.4 is 0 Å². The number of carbonyl (C=O) groups is 1. The molecule has 9 heteroatoms. The van der Waals surface area contributed by atoms with Crippen molar-refractivity contribution in [1.29, 1.82) is 0 Å². The van der Waals surface area contributed by atoms with Gasteiger partial charge in [0.2, 0.25) is 0 Å². The lowest BCUT2D eigenvalue weighted by Crippen LogP contribution is -2.37. The second kappa shape index (κ2) is 49.9. The molecule has 0 fully saturated rings. The van der Waals surface area contributed by atoms with Crippen molar-refractivity contribution >= 4 is 13.8 Å². The van der Waals surface area contributed by atoms with Crippen molar-refractivity contribution in [3.8, 4) is 0 Å². The maximum atomic E-state index is 12.8. The van der Waals surface area contributed by atoms with Crippen molar-refractivity contribution in [1.82, 2.24) is 0 Å². The van der Waals surface area contributed by atoms with Crippen LogP contribution in [0.15, 0.2) is 48.6 Å². The van der Waals surface area contributed by atoms with Gasteiger partial charge in [-0.25, -0.2) is 4.57 Å². The number of unbranched alkanes of at least 4 members (excludes halogenated alkanes) is 30. The van der Waals surface area contributed by atoms with E-state index in [4.69, 9.17) is 18.5 Å². The van der Waals surface area contributed by atoms with E-state index in [1.165, 1.54) is 173 Å². The molecule has 0 aliphatic rings. The van der Waals surface area contributed by atoms with E-state index in [-0.39, 0.29) is 25.8 Å². The van der Waals surface area contributed by atoms with Crippen LogP contribution in [-0.2, 0) is 27.9 Å². The number of quaternary nitrogens is 1. The van der Waals surface area contributed by atoms with E-state index in [0.29, 0.717) is 24.1 Å². The zero-order chi connectivity index (χ0) is 48.3. The fourth-order valence-electron chi connectivity index (χ4n) is 7.90. The van der Waals surface area contributed by atoms with Crippen molar-refractivity contribution in [2.75, 3.05) is 54.1 Å². The number of rotatable bonds is 52. The number of phosphoric ester groups is 1. The number of carbonyl (C=O) groups excluding carboxylic acids is 1. The van der Waals surface area contributed by atoms with Crippen molar-refractivity contribution in [2.45, 2.75) is 258 Å². The van der Waals surface area contributed by atoms with Crippen LogP contribution in [0.1, 0.15) is 251 Å². The summed E-state index contributed by atoms with van der Waals surface area (Å²) in [5.41, 5.74) is 0. The van der Waals surface area contributed by atoms with Gasteiger partial charge in [-0.15, -0.1) is 0 Å². The number of allylic oxidation sites excluding steroid dienone is 8. The monoisotopic (exact) mass is 951 g/mol. The maximum absolute atomic E-state index is 12.8. The third-order valence-corrected chi connectivity index (χ3v) is 13.1. The van der Waals surface area contributed by atoms with E-state index in [1.54, 1.807) is 0 Å². The Labute approximate surface area is 409 Å². The number of phosphoric acid groups is 1. The van der Waals surface area contributed by atoms with Gasteiger partial charge in [-0.2, -0.15) is 0 Å². The first kappa shape index (κ1) is 64.5. The summed E-state index contributed by atoms with van der Waals surface area (Å²) >= 11 is 0. The third kappa shape index (κ3) is 53.4.